The molecule has 1 N–H and O–H groups in total. The molecule has 2 aromatic rings. The highest BCUT2D eigenvalue weighted by molar-refractivity contribution is 5.30. The zero-order valence-corrected chi connectivity index (χ0v) is 11.0. The third kappa shape index (κ3) is 3.13. The second-order valence-corrected chi connectivity index (χ2v) is 4.68. The predicted molar refractivity (Wildman–Crippen MR) is 68.1 cm³/mol. The maximum absolute atomic E-state index is 10.0. The lowest BCUT2D eigenvalue weighted by molar-refractivity contribution is 0.173. The smallest absolute Gasteiger partial charge is 0.177 e. The van der Waals surface area contributed by atoms with E-state index in [1.54, 1.807) is 7.05 Å². The molecule has 1 heterocycles. The highest BCUT2D eigenvalue weighted by Crippen LogP contribution is 2.12. The van der Waals surface area contributed by atoms with Gasteiger partial charge in [-0.3, -0.25) is 0 Å². The van der Waals surface area contributed by atoms with Gasteiger partial charge in [0.1, 0.15) is 0 Å². The van der Waals surface area contributed by atoms with Gasteiger partial charge in [-0.2, -0.15) is 4.80 Å². The van der Waals surface area contributed by atoms with E-state index in [1.165, 1.54) is 15.9 Å². The van der Waals surface area contributed by atoms with E-state index in [2.05, 4.69) is 47.5 Å². The van der Waals surface area contributed by atoms with Gasteiger partial charge in [0.25, 0.3) is 0 Å². The van der Waals surface area contributed by atoms with Crippen molar-refractivity contribution in [1.29, 1.82) is 0 Å². The average Bonchev–Trinajstić information content (AvgIpc) is 2.69. The van der Waals surface area contributed by atoms with Crippen molar-refractivity contribution in [1.82, 2.24) is 20.2 Å². The predicted octanol–water partition coefficient (Wildman–Crippen LogP) is 0.973. The van der Waals surface area contributed by atoms with Gasteiger partial charge in [0.05, 0.1) is 13.2 Å². The number of nitrogens with zero attached hydrogens (tertiary/aromatic N) is 4. The van der Waals surface area contributed by atoms with Gasteiger partial charge in [-0.25, -0.2) is 0 Å². The van der Waals surface area contributed by atoms with Crippen LogP contribution >= 0.6 is 0 Å². The van der Waals surface area contributed by atoms with Gasteiger partial charge < -0.3 is 5.11 Å². The SMILES string of the molecule is Cc1ccc(CC(O)Cc2nnn(C)n2)cc1C. The fourth-order valence-corrected chi connectivity index (χ4v) is 1.89. The van der Waals surface area contributed by atoms with E-state index in [9.17, 15) is 5.11 Å². The van der Waals surface area contributed by atoms with Crippen LogP contribution < -0.4 is 0 Å². The van der Waals surface area contributed by atoms with Crippen LogP contribution in [-0.2, 0) is 19.9 Å². The molecule has 0 aliphatic carbocycles. The van der Waals surface area contributed by atoms with Gasteiger partial charge in [0, 0.05) is 6.42 Å². The summed E-state index contributed by atoms with van der Waals surface area (Å²) in [4.78, 5) is 1.40. The molecule has 96 valence electrons. The summed E-state index contributed by atoms with van der Waals surface area (Å²) in [5, 5.41) is 21.7. The van der Waals surface area contributed by atoms with Crippen LogP contribution in [0, 0.1) is 13.8 Å². The first kappa shape index (κ1) is 12.7. The van der Waals surface area contributed by atoms with Crippen molar-refractivity contribution in [3.05, 3.63) is 40.7 Å². The van der Waals surface area contributed by atoms with Crippen LogP contribution in [0.15, 0.2) is 18.2 Å². The highest BCUT2D eigenvalue weighted by Gasteiger charge is 2.11. The summed E-state index contributed by atoms with van der Waals surface area (Å²) in [7, 11) is 1.71. The molecule has 1 aromatic carbocycles. The number of hydrogen-bond donors (Lipinski definition) is 1. The number of rotatable bonds is 4. The Balaban J connectivity index is 1.98. The van der Waals surface area contributed by atoms with Crippen molar-refractivity contribution in [2.24, 2.45) is 7.05 Å². The Kier molecular flexibility index (Phi) is 3.72. The largest absolute Gasteiger partial charge is 0.392 e. The van der Waals surface area contributed by atoms with Gasteiger partial charge in [-0.05, 0) is 42.2 Å². The summed E-state index contributed by atoms with van der Waals surface area (Å²) in [6, 6.07) is 6.25. The molecule has 2 rings (SSSR count). The molecular weight excluding hydrogens is 228 g/mol. The number of aliphatic hydroxyl groups is 1. The Labute approximate surface area is 106 Å². The Morgan fingerprint density at radius 3 is 2.61 bits per heavy atom. The van der Waals surface area contributed by atoms with Crippen LogP contribution in [0.1, 0.15) is 22.5 Å². The summed E-state index contributed by atoms with van der Waals surface area (Å²) < 4.78 is 0. The summed E-state index contributed by atoms with van der Waals surface area (Å²) in [5.74, 6) is 0.578. The third-order valence-corrected chi connectivity index (χ3v) is 3.01. The summed E-state index contributed by atoms with van der Waals surface area (Å²) in [6.45, 7) is 4.16. The Morgan fingerprint density at radius 1 is 1.22 bits per heavy atom. The molecule has 0 fully saturated rings. The number of hydrogen-bond acceptors (Lipinski definition) is 4. The minimum absolute atomic E-state index is 0.431. The zero-order chi connectivity index (χ0) is 13.1. The van der Waals surface area contributed by atoms with E-state index in [0.29, 0.717) is 18.7 Å². The molecule has 1 aromatic heterocycles. The van der Waals surface area contributed by atoms with Crippen LogP contribution in [-0.4, -0.2) is 31.4 Å². The lowest BCUT2D eigenvalue weighted by atomic mass is 10.0. The lowest BCUT2D eigenvalue weighted by Crippen LogP contribution is -2.15. The number of aliphatic hydroxyl groups excluding tert-OH is 1. The van der Waals surface area contributed by atoms with Gasteiger partial charge in [0.15, 0.2) is 5.82 Å². The van der Waals surface area contributed by atoms with Gasteiger partial charge in [0.2, 0.25) is 0 Å². The quantitative estimate of drug-likeness (QED) is 0.873. The molecule has 1 unspecified atom stereocenters. The standard InChI is InChI=1S/C13H18N4O/c1-9-4-5-11(6-10(9)2)7-12(18)8-13-14-16-17(3)15-13/h4-6,12,18H,7-8H2,1-3H3. The minimum Gasteiger partial charge on any atom is -0.392 e. The van der Waals surface area contributed by atoms with E-state index in [4.69, 9.17) is 0 Å². The number of aromatic nitrogens is 4. The number of tetrazole rings is 1. The van der Waals surface area contributed by atoms with Gasteiger partial charge >= 0.3 is 0 Å². The monoisotopic (exact) mass is 246 g/mol. The molecule has 0 amide bonds. The molecule has 18 heavy (non-hydrogen) atoms. The first-order valence-corrected chi connectivity index (χ1v) is 6.01. The molecule has 0 radical (unpaired) electrons. The van der Waals surface area contributed by atoms with Crippen molar-refractivity contribution in [3.8, 4) is 0 Å². The second-order valence-electron chi connectivity index (χ2n) is 4.68. The normalized spacial score (nSPS) is 12.7. The Hall–Kier alpha value is -1.75. The van der Waals surface area contributed by atoms with Crippen molar-refractivity contribution >= 4 is 0 Å². The Bertz CT molecular complexity index is 536. The molecule has 0 aliphatic heterocycles. The van der Waals surface area contributed by atoms with Gasteiger partial charge in [-0.1, -0.05) is 18.2 Å². The fourth-order valence-electron chi connectivity index (χ4n) is 1.89. The summed E-state index contributed by atoms with van der Waals surface area (Å²) in [5.41, 5.74) is 3.65. The molecule has 0 bridgehead atoms. The number of aryl methyl sites for hydroxylation is 3. The van der Waals surface area contributed by atoms with Crippen molar-refractivity contribution in [2.75, 3.05) is 0 Å². The zero-order valence-electron chi connectivity index (χ0n) is 11.0. The van der Waals surface area contributed by atoms with Gasteiger partial charge in [-0.15, -0.1) is 10.2 Å². The van der Waals surface area contributed by atoms with E-state index in [0.717, 1.165) is 5.56 Å². The number of benzene rings is 1. The van der Waals surface area contributed by atoms with Crippen molar-refractivity contribution in [3.63, 3.8) is 0 Å². The molecule has 0 spiro atoms. The fraction of sp³-hybridized carbons (Fsp3) is 0.462. The molecule has 5 nitrogen and oxygen atoms in total. The molecule has 1 atom stereocenters. The van der Waals surface area contributed by atoms with E-state index in [1.807, 2.05) is 0 Å². The second kappa shape index (κ2) is 5.27. The highest BCUT2D eigenvalue weighted by atomic mass is 16.3. The van der Waals surface area contributed by atoms with Crippen molar-refractivity contribution < 1.29 is 5.11 Å². The average molecular weight is 246 g/mol. The van der Waals surface area contributed by atoms with E-state index in [-0.39, 0.29) is 0 Å². The van der Waals surface area contributed by atoms with Crippen LogP contribution in [0.3, 0.4) is 0 Å². The molecule has 0 aliphatic rings. The molecule has 0 saturated heterocycles. The Morgan fingerprint density at radius 2 is 2.00 bits per heavy atom. The third-order valence-electron chi connectivity index (χ3n) is 3.01. The van der Waals surface area contributed by atoms with E-state index < -0.39 is 6.10 Å². The molecule has 0 saturated carbocycles. The lowest BCUT2D eigenvalue weighted by Gasteiger charge is -2.09. The van der Waals surface area contributed by atoms with Crippen LogP contribution in [0.4, 0.5) is 0 Å². The van der Waals surface area contributed by atoms with Crippen LogP contribution in [0.5, 0.6) is 0 Å². The molecule has 5 heteroatoms. The van der Waals surface area contributed by atoms with Crippen molar-refractivity contribution in [2.45, 2.75) is 32.8 Å². The van der Waals surface area contributed by atoms with Crippen LogP contribution in [0.2, 0.25) is 0 Å². The maximum atomic E-state index is 10.0. The minimum atomic E-state index is -0.476. The summed E-state index contributed by atoms with van der Waals surface area (Å²) in [6.07, 6.45) is 0.566. The maximum Gasteiger partial charge on any atom is 0.177 e. The topological polar surface area (TPSA) is 63.8 Å². The summed E-state index contributed by atoms with van der Waals surface area (Å²) >= 11 is 0. The first-order valence-electron chi connectivity index (χ1n) is 6.01. The molecular formula is C13H18N4O. The van der Waals surface area contributed by atoms with E-state index >= 15 is 0 Å². The van der Waals surface area contributed by atoms with Crippen LogP contribution in [0.25, 0.3) is 0 Å². The first-order chi connectivity index (χ1) is 8.54.